The van der Waals surface area contributed by atoms with Gasteiger partial charge in [0.15, 0.2) is 0 Å². The summed E-state index contributed by atoms with van der Waals surface area (Å²) in [5, 5.41) is 0. The van der Waals surface area contributed by atoms with Gasteiger partial charge in [0, 0.05) is 29.7 Å². The molecule has 120 valence electrons. The lowest BCUT2D eigenvalue weighted by atomic mass is 10.1. The molecule has 0 saturated carbocycles. The fraction of sp³-hybridized carbons (Fsp3) is 0.294. The lowest BCUT2D eigenvalue weighted by Gasteiger charge is -2.21. The molecule has 0 spiro atoms. The molecule has 0 bridgehead atoms. The Morgan fingerprint density at radius 1 is 1.39 bits per heavy atom. The van der Waals surface area contributed by atoms with E-state index in [0.717, 1.165) is 24.2 Å². The Labute approximate surface area is 143 Å². The van der Waals surface area contributed by atoms with Gasteiger partial charge in [-0.3, -0.25) is 4.79 Å². The summed E-state index contributed by atoms with van der Waals surface area (Å²) < 4.78 is 6.65. The Morgan fingerprint density at radius 3 is 2.91 bits per heavy atom. The average Bonchev–Trinajstić information content (AvgIpc) is 2.97. The number of ether oxygens (including phenoxy) is 1. The Kier molecular flexibility index (Phi) is 4.52. The molecule has 1 aromatic carbocycles. The molecule has 2 heterocycles. The van der Waals surface area contributed by atoms with Crippen molar-refractivity contribution in [2.24, 2.45) is 5.73 Å². The van der Waals surface area contributed by atoms with Gasteiger partial charge in [0.2, 0.25) is 5.88 Å². The summed E-state index contributed by atoms with van der Waals surface area (Å²) in [7, 11) is 0. The van der Waals surface area contributed by atoms with E-state index in [2.05, 4.69) is 25.8 Å². The van der Waals surface area contributed by atoms with Crippen LogP contribution in [0.4, 0.5) is 5.69 Å². The SMILES string of the molecule is Cc1ccc(O[C@H]2CCN(c3cccc(Br)c3C(N)=O)C2)nc1. The monoisotopic (exact) mass is 375 g/mol. The van der Waals surface area contributed by atoms with Crippen LogP contribution in [0.2, 0.25) is 0 Å². The fourth-order valence-electron chi connectivity index (χ4n) is 2.76. The third kappa shape index (κ3) is 3.47. The second-order valence-corrected chi connectivity index (χ2v) is 6.50. The van der Waals surface area contributed by atoms with Crippen molar-refractivity contribution >= 4 is 27.5 Å². The van der Waals surface area contributed by atoms with Gasteiger partial charge in [0.25, 0.3) is 5.91 Å². The molecule has 0 aliphatic carbocycles. The molecule has 2 N–H and O–H groups in total. The molecule has 1 fully saturated rings. The number of aryl methyl sites for hydroxylation is 1. The van der Waals surface area contributed by atoms with E-state index in [9.17, 15) is 4.79 Å². The number of carbonyl (C=O) groups is 1. The van der Waals surface area contributed by atoms with Crippen molar-refractivity contribution in [3.63, 3.8) is 0 Å². The first-order chi connectivity index (χ1) is 11.0. The lowest BCUT2D eigenvalue weighted by molar-refractivity contribution is 0.1000. The molecule has 2 aromatic rings. The summed E-state index contributed by atoms with van der Waals surface area (Å²) >= 11 is 3.40. The lowest BCUT2D eigenvalue weighted by Crippen LogP contribution is -2.27. The second-order valence-electron chi connectivity index (χ2n) is 5.65. The summed E-state index contributed by atoms with van der Waals surface area (Å²) in [6, 6.07) is 9.50. The molecule has 3 rings (SSSR count). The first-order valence-electron chi connectivity index (χ1n) is 7.47. The van der Waals surface area contributed by atoms with Crippen LogP contribution in [-0.2, 0) is 0 Å². The van der Waals surface area contributed by atoms with Gasteiger partial charge in [-0.2, -0.15) is 0 Å². The van der Waals surface area contributed by atoms with Crippen LogP contribution in [-0.4, -0.2) is 30.1 Å². The van der Waals surface area contributed by atoms with Crippen LogP contribution < -0.4 is 15.4 Å². The van der Waals surface area contributed by atoms with Gasteiger partial charge in [0.1, 0.15) is 6.10 Å². The van der Waals surface area contributed by atoms with E-state index in [-0.39, 0.29) is 6.10 Å². The van der Waals surface area contributed by atoms with Gasteiger partial charge >= 0.3 is 0 Å². The molecular weight excluding hydrogens is 358 g/mol. The van der Waals surface area contributed by atoms with E-state index in [0.29, 0.717) is 22.5 Å². The van der Waals surface area contributed by atoms with Crippen molar-refractivity contribution in [2.75, 3.05) is 18.0 Å². The number of rotatable bonds is 4. The van der Waals surface area contributed by atoms with E-state index in [1.54, 1.807) is 6.20 Å². The molecule has 1 amide bonds. The molecular formula is C17H18BrN3O2. The van der Waals surface area contributed by atoms with Crippen molar-refractivity contribution in [2.45, 2.75) is 19.4 Å². The first kappa shape index (κ1) is 15.8. The molecule has 0 radical (unpaired) electrons. The number of halogens is 1. The number of primary amides is 1. The van der Waals surface area contributed by atoms with Crippen LogP contribution in [0.1, 0.15) is 22.3 Å². The molecule has 5 nitrogen and oxygen atoms in total. The third-order valence-corrected chi connectivity index (χ3v) is 4.56. The smallest absolute Gasteiger partial charge is 0.251 e. The summed E-state index contributed by atoms with van der Waals surface area (Å²) in [6.45, 7) is 3.51. The number of benzene rings is 1. The van der Waals surface area contributed by atoms with E-state index in [1.165, 1.54) is 0 Å². The largest absolute Gasteiger partial charge is 0.472 e. The Morgan fingerprint density at radius 2 is 2.22 bits per heavy atom. The van der Waals surface area contributed by atoms with Crippen LogP contribution in [0.5, 0.6) is 5.88 Å². The van der Waals surface area contributed by atoms with Crippen LogP contribution in [0, 0.1) is 6.92 Å². The predicted molar refractivity (Wildman–Crippen MR) is 92.9 cm³/mol. The Bertz CT molecular complexity index is 718. The van der Waals surface area contributed by atoms with Gasteiger partial charge < -0.3 is 15.4 Å². The minimum Gasteiger partial charge on any atom is -0.472 e. The number of pyridine rings is 1. The highest BCUT2D eigenvalue weighted by Gasteiger charge is 2.27. The molecule has 1 aromatic heterocycles. The van der Waals surface area contributed by atoms with Crippen molar-refractivity contribution in [3.8, 4) is 5.88 Å². The number of anilines is 1. The van der Waals surface area contributed by atoms with Crippen molar-refractivity contribution in [3.05, 3.63) is 52.1 Å². The summed E-state index contributed by atoms with van der Waals surface area (Å²) in [5.41, 5.74) is 7.98. The van der Waals surface area contributed by atoms with E-state index in [1.807, 2.05) is 37.3 Å². The molecule has 1 atom stereocenters. The maximum absolute atomic E-state index is 11.7. The Balaban J connectivity index is 1.74. The zero-order valence-corrected chi connectivity index (χ0v) is 14.4. The van der Waals surface area contributed by atoms with Crippen molar-refractivity contribution < 1.29 is 9.53 Å². The minimum atomic E-state index is -0.433. The van der Waals surface area contributed by atoms with Gasteiger partial charge in [0.05, 0.1) is 17.8 Å². The quantitative estimate of drug-likeness (QED) is 0.891. The normalized spacial score (nSPS) is 17.3. The van der Waals surface area contributed by atoms with Crippen LogP contribution in [0.15, 0.2) is 41.0 Å². The zero-order valence-electron chi connectivity index (χ0n) is 12.8. The number of hydrogen-bond acceptors (Lipinski definition) is 4. The maximum atomic E-state index is 11.7. The van der Waals surface area contributed by atoms with Gasteiger partial charge in [-0.15, -0.1) is 0 Å². The van der Waals surface area contributed by atoms with Crippen molar-refractivity contribution in [1.82, 2.24) is 4.98 Å². The number of nitrogens with two attached hydrogens (primary N) is 1. The van der Waals surface area contributed by atoms with Crippen molar-refractivity contribution in [1.29, 1.82) is 0 Å². The minimum absolute atomic E-state index is 0.0462. The molecule has 1 aliphatic rings. The molecule has 1 saturated heterocycles. The number of hydrogen-bond donors (Lipinski definition) is 1. The molecule has 23 heavy (non-hydrogen) atoms. The molecule has 6 heteroatoms. The second kappa shape index (κ2) is 6.58. The highest BCUT2D eigenvalue weighted by atomic mass is 79.9. The molecule has 0 unspecified atom stereocenters. The first-order valence-corrected chi connectivity index (χ1v) is 8.26. The predicted octanol–water partition coefficient (Wildman–Crippen LogP) is 2.91. The van der Waals surface area contributed by atoms with Crippen LogP contribution in [0.3, 0.4) is 0 Å². The topological polar surface area (TPSA) is 68.5 Å². The van der Waals surface area contributed by atoms with E-state index < -0.39 is 5.91 Å². The summed E-state index contributed by atoms with van der Waals surface area (Å²) in [4.78, 5) is 18.1. The standard InChI is InChI=1S/C17H18BrN3O2/c1-11-5-6-15(20-9-11)23-12-7-8-21(10-12)14-4-2-3-13(18)16(14)17(19)22/h2-6,9,12H,7-8,10H2,1H3,(H2,19,22)/t12-/m0/s1. The number of carbonyl (C=O) groups excluding carboxylic acids is 1. The maximum Gasteiger partial charge on any atom is 0.251 e. The van der Waals surface area contributed by atoms with Gasteiger partial charge in [-0.05, 0) is 40.5 Å². The van der Waals surface area contributed by atoms with E-state index in [4.69, 9.17) is 10.5 Å². The highest BCUT2D eigenvalue weighted by Crippen LogP contribution is 2.30. The number of aromatic nitrogens is 1. The number of amides is 1. The summed E-state index contributed by atoms with van der Waals surface area (Å²) in [5.74, 6) is 0.198. The van der Waals surface area contributed by atoms with Gasteiger partial charge in [-0.1, -0.05) is 12.1 Å². The summed E-state index contributed by atoms with van der Waals surface area (Å²) in [6.07, 6.45) is 2.71. The zero-order chi connectivity index (χ0) is 16.4. The van der Waals surface area contributed by atoms with Crippen LogP contribution in [0.25, 0.3) is 0 Å². The van der Waals surface area contributed by atoms with E-state index >= 15 is 0 Å². The third-order valence-electron chi connectivity index (χ3n) is 3.90. The average molecular weight is 376 g/mol. The van der Waals surface area contributed by atoms with Crippen LogP contribution >= 0.6 is 15.9 Å². The Hall–Kier alpha value is -2.08. The highest BCUT2D eigenvalue weighted by molar-refractivity contribution is 9.10. The number of nitrogens with zero attached hydrogens (tertiary/aromatic N) is 2. The van der Waals surface area contributed by atoms with Gasteiger partial charge in [-0.25, -0.2) is 4.98 Å². The molecule has 1 aliphatic heterocycles. The fourth-order valence-corrected chi connectivity index (χ4v) is 3.31.